The number of hydrogen-bond acceptors (Lipinski definition) is 3. The number of rotatable bonds is 3. The maximum atomic E-state index is 9.47. The van der Waals surface area contributed by atoms with Crippen LogP contribution in [0, 0.1) is 0 Å². The predicted octanol–water partition coefficient (Wildman–Crippen LogP) is 1.35. The fourth-order valence-electron chi connectivity index (χ4n) is 2.24. The second-order valence-corrected chi connectivity index (χ2v) is 5.23. The molecule has 0 aliphatic carbocycles. The maximum Gasteiger partial charge on any atom is 0.0938 e. The highest BCUT2D eigenvalue weighted by Gasteiger charge is 2.29. The number of benzene rings is 1. The predicted molar refractivity (Wildman–Crippen MR) is 67.8 cm³/mol. The molecule has 3 heteroatoms. The van der Waals surface area contributed by atoms with Crippen LogP contribution in [0.2, 0.25) is 0 Å². The Morgan fingerprint density at radius 2 is 1.65 bits per heavy atom. The number of aliphatic hydroxyl groups is 2. The first-order valence-corrected chi connectivity index (χ1v) is 6.23. The molecule has 0 aromatic heterocycles. The molecule has 3 nitrogen and oxygen atoms in total. The summed E-state index contributed by atoms with van der Waals surface area (Å²) in [5, 5.41) is 18.9. The van der Waals surface area contributed by atoms with E-state index in [1.807, 2.05) is 0 Å². The van der Waals surface area contributed by atoms with Gasteiger partial charge in [0, 0.05) is 19.6 Å². The third kappa shape index (κ3) is 3.06. The molecule has 2 N–H and O–H groups in total. The number of nitrogens with zero attached hydrogens (tertiary/aromatic N) is 1. The van der Waals surface area contributed by atoms with E-state index in [-0.39, 0.29) is 0 Å². The van der Waals surface area contributed by atoms with Gasteiger partial charge >= 0.3 is 0 Å². The Morgan fingerprint density at radius 3 is 2.12 bits per heavy atom. The number of hydrogen-bond donors (Lipinski definition) is 2. The molecule has 0 bridgehead atoms. The first kappa shape index (κ1) is 12.6. The summed E-state index contributed by atoms with van der Waals surface area (Å²) in [7, 11) is 0. The Hall–Kier alpha value is -0.900. The third-order valence-electron chi connectivity index (χ3n) is 3.39. The van der Waals surface area contributed by atoms with Gasteiger partial charge in [-0.2, -0.15) is 0 Å². The van der Waals surface area contributed by atoms with Gasteiger partial charge in [-0.3, -0.25) is 4.90 Å². The fraction of sp³-hybridized carbons (Fsp3) is 0.571. The van der Waals surface area contributed by atoms with E-state index in [4.69, 9.17) is 0 Å². The van der Waals surface area contributed by atoms with E-state index in [9.17, 15) is 10.2 Å². The van der Waals surface area contributed by atoms with Crippen molar-refractivity contribution in [3.63, 3.8) is 0 Å². The quantitative estimate of drug-likeness (QED) is 0.831. The second-order valence-electron chi connectivity index (χ2n) is 5.23. The van der Waals surface area contributed by atoms with E-state index >= 15 is 0 Å². The minimum Gasteiger partial charge on any atom is -0.389 e. The van der Waals surface area contributed by atoms with Gasteiger partial charge in [-0.15, -0.1) is 0 Å². The highest BCUT2D eigenvalue weighted by atomic mass is 16.3. The maximum absolute atomic E-state index is 9.47. The number of β-amino-alcohol motifs (C(OH)–C–C–N with tert-alkyl or cyclic N) is 2. The molecule has 0 saturated carbocycles. The zero-order valence-electron chi connectivity index (χ0n) is 10.5. The van der Waals surface area contributed by atoms with Crippen LogP contribution in [0.5, 0.6) is 0 Å². The van der Waals surface area contributed by atoms with Gasteiger partial charge in [-0.1, -0.05) is 38.1 Å². The molecule has 2 atom stereocenters. The lowest BCUT2D eigenvalue weighted by Crippen LogP contribution is -2.22. The van der Waals surface area contributed by atoms with Gasteiger partial charge in [0.05, 0.1) is 12.2 Å². The van der Waals surface area contributed by atoms with E-state index in [0.717, 1.165) is 6.54 Å². The summed E-state index contributed by atoms with van der Waals surface area (Å²) < 4.78 is 0. The molecule has 1 aliphatic heterocycles. The minimum absolute atomic E-state index is 0.555. The molecule has 0 spiro atoms. The average Bonchev–Trinajstić information content (AvgIpc) is 2.58. The summed E-state index contributed by atoms with van der Waals surface area (Å²) in [6.45, 7) is 6.29. The van der Waals surface area contributed by atoms with Crippen LogP contribution >= 0.6 is 0 Å². The molecular formula is C14H21NO2. The van der Waals surface area contributed by atoms with Crippen molar-refractivity contribution >= 4 is 0 Å². The summed E-state index contributed by atoms with van der Waals surface area (Å²) in [6, 6.07) is 8.57. The topological polar surface area (TPSA) is 43.7 Å². The standard InChI is InChI=1S/C14H21NO2/c1-10(2)12-5-3-11(4-6-12)7-15-8-13(16)14(17)9-15/h3-6,10,13-14,16-17H,7-9H2,1-2H3/t13-,14+. The smallest absolute Gasteiger partial charge is 0.0938 e. The Balaban J connectivity index is 1.95. The number of likely N-dealkylation sites (tertiary alicyclic amines) is 1. The number of aliphatic hydroxyl groups excluding tert-OH is 2. The molecule has 1 aliphatic rings. The lowest BCUT2D eigenvalue weighted by Gasteiger charge is -2.15. The Morgan fingerprint density at radius 1 is 1.12 bits per heavy atom. The van der Waals surface area contributed by atoms with Crippen molar-refractivity contribution < 1.29 is 10.2 Å². The molecule has 0 radical (unpaired) electrons. The minimum atomic E-state index is -0.593. The molecule has 17 heavy (non-hydrogen) atoms. The van der Waals surface area contributed by atoms with Gasteiger partial charge < -0.3 is 10.2 Å². The van der Waals surface area contributed by atoms with E-state index in [0.29, 0.717) is 19.0 Å². The normalized spacial score (nSPS) is 25.7. The van der Waals surface area contributed by atoms with Crippen molar-refractivity contribution in [2.24, 2.45) is 0 Å². The highest BCUT2D eigenvalue weighted by Crippen LogP contribution is 2.17. The van der Waals surface area contributed by atoms with Crippen LogP contribution in [-0.4, -0.2) is 40.4 Å². The molecule has 1 aromatic carbocycles. The summed E-state index contributed by atoms with van der Waals surface area (Å²) in [5.74, 6) is 0.555. The molecule has 1 saturated heterocycles. The van der Waals surface area contributed by atoms with Gasteiger partial charge in [0.2, 0.25) is 0 Å². The Bertz CT molecular complexity index is 351. The first-order chi connectivity index (χ1) is 8.06. The van der Waals surface area contributed by atoms with Crippen LogP contribution < -0.4 is 0 Å². The molecule has 1 aromatic rings. The fourth-order valence-corrected chi connectivity index (χ4v) is 2.24. The van der Waals surface area contributed by atoms with Crippen molar-refractivity contribution in [3.8, 4) is 0 Å². The van der Waals surface area contributed by atoms with Crippen molar-refractivity contribution in [2.45, 2.75) is 38.5 Å². The molecule has 1 heterocycles. The third-order valence-corrected chi connectivity index (χ3v) is 3.39. The van der Waals surface area contributed by atoms with E-state index in [2.05, 4.69) is 43.0 Å². The van der Waals surface area contributed by atoms with Gasteiger partial charge in [-0.25, -0.2) is 0 Å². The molecule has 1 fully saturated rings. The van der Waals surface area contributed by atoms with Crippen LogP contribution in [0.25, 0.3) is 0 Å². The lowest BCUT2D eigenvalue weighted by molar-refractivity contribution is 0.0572. The lowest BCUT2D eigenvalue weighted by atomic mass is 10.0. The van der Waals surface area contributed by atoms with Crippen molar-refractivity contribution in [1.82, 2.24) is 4.90 Å². The summed E-state index contributed by atoms with van der Waals surface area (Å²) in [5.41, 5.74) is 2.57. The second kappa shape index (κ2) is 5.17. The van der Waals surface area contributed by atoms with Crippen molar-refractivity contribution in [3.05, 3.63) is 35.4 Å². The Kier molecular flexibility index (Phi) is 3.82. The van der Waals surface area contributed by atoms with Crippen molar-refractivity contribution in [2.75, 3.05) is 13.1 Å². The van der Waals surface area contributed by atoms with Gasteiger partial charge in [0.1, 0.15) is 0 Å². The molecular weight excluding hydrogens is 214 g/mol. The van der Waals surface area contributed by atoms with Crippen LogP contribution in [-0.2, 0) is 6.54 Å². The highest BCUT2D eigenvalue weighted by molar-refractivity contribution is 5.24. The van der Waals surface area contributed by atoms with Gasteiger partial charge in [0.25, 0.3) is 0 Å². The zero-order valence-corrected chi connectivity index (χ0v) is 10.5. The molecule has 0 unspecified atom stereocenters. The van der Waals surface area contributed by atoms with Crippen molar-refractivity contribution in [1.29, 1.82) is 0 Å². The zero-order chi connectivity index (χ0) is 12.4. The van der Waals surface area contributed by atoms with Crippen LogP contribution in [0.4, 0.5) is 0 Å². The van der Waals surface area contributed by atoms with E-state index < -0.39 is 12.2 Å². The average molecular weight is 235 g/mol. The molecule has 94 valence electrons. The van der Waals surface area contributed by atoms with Crippen LogP contribution in [0.1, 0.15) is 30.9 Å². The Labute approximate surface area is 103 Å². The van der Waals surface area contributed by atoms with Crippen LogP contribution in [0.15, 0.2) is 24.3 Å². The summed E-state index contributed by atoms with van der Waals surface area (Å²) in [6.07, 6.45) is -1.19. The summed E-state index contributed by atoms with van der Waals surface area (Å²) >= 11 is 0. The molecule has 0 amide bonds. The SMILES string of the molecule is CC(C)c1ccc(CN2C[C@@H](O)[C@@H](O)C2)cc1. The largest absolute Gasteiger partial charge is 0.389 e. The monoisotopic (exact) mass is 235 g/mol. The van der Waals surface area contributed by atoms with Crippen LogP contribution in [0.3, 0.4) is 0 Å². The summed E-state index contributed by atoms with van der Waals surface area (Å²) in [4.78, 5) is 2.08. The van der Waals surface area contributed by atoms with E-state index in [1.165, 1.54) is 11.1 Å². The molecule has 2 rings (SSSR count). The first-order valence-electron chi connectivity index (χ1n) is 6.23. The van der Waals surface area contributed by atoms with Gasteiger partial charge in [-0.05, 0) is 17.0 Å². The van der Waals surface area contributed by atoms with Gasteiger partial charge in [0.15, 0.2) is 0 Å². The van der Waals surface area contributed by atoms with E-state index in [1.54, 1.807) is 0 Å².